The van der Waals surface area contributed by atoms with Gasteiger partial charge in [-0.25, -0.2) is 4.79 Å². The minimum Gasteiger partial charge on any atom is -0.467 e. The molecule has 2 heterocycles. The lowest BCUT2D eigenvalue weighted by molar-refractivity contribution is -0.158. The fourth-order valence-electron chi connectivity index (χ4n) is 3.57. The minimum absolute atomic E-state index is 0.203. The van der Waals surface area contributed by atoms with Gasteiger partial charge in [0.15, 0.2) is 0 Å². The summed E-state index contributed by atoms with van der Waals surface area (Å²) in [6, 6.07) is 7.22. The summed E-state index contributed by atoms with van der Waals surface area (Å²) in [6.45, 7) is 2.29. The molecule has 6 heteroatoms. The van der Waals surface area contributed by atoms with Crippen molar-refractivity contribution in [3.63, 3.8) is 0 Å². The van der Waals surface area contributed by atoms with E-state index in [2.05, 4.69) is 4.98 Å². The number of esters is 1. The standard InChI is InChI=1S/C18H23N3O3/c1-18(17(23)24-2)8-5-9-21(18)16(22)14(19)10-12-11-20-15-7-4-3-6-13(12)15/h3-4,6-7,11,14,20H,5,8-10,19H2,1-2H3. The van der Waals surface area contributed by atoms with Gasteiger partial charge < -0.3 is 20.4 Å². The molecule has 2 atom stereocenters. The van der Waals surface area contributed by atoms with Gasteiger partial charge in [-0.3, -0.25) is 4.79 Å². The Morgan fingerprint density at radius 1 is 1.42 bits per heavy atom. The zero-order valence-electron chi connectivity index (χ0n) is 14.0. The van der Waals surface area contributed by atoms with Crippen molar-refractivity contribution in [3.8, 4) is 0 Å². The average Bonchev–Trinajstić information content (AvgIpc) is 3.18. The number of para-hydroxylation sites is 1. The van der Waals surface area contributed by atoms with Crippen LogP contribution in [0.25, 0.3) is 10.9 Å². The Hall–Kier alpha value is -2.34. The molecule has 128 valence electrons. The number of ether oxygens (including phenoxy) is 1. The van der Waals surface area contributed by atoms with Crippen LogP contribution in [0.5, 0.6) is 0 Å². The monoisotopic (exact) mass is 329 g/mol. The number of H-pyrrole nitrogens is 1. The third-order valence-corrected chi connectivity index (χ3v) is 4.96. The van der Waals surface area contributed by atoms with Crippen molar-refractivity contribution in [1.29, 1.82) is 0 Å². The number of carbonyl (C=O) groups excluding carboxylic acids is 2. The number of aromatic amines is 1. The zero-order valence-corrected chi connectivity index (χ0v) is 14.0. The van der Waals surface area contributed by atoms with Crippen LogP contribution in [0.2, 0.25) is 0 Å². The first-order valence-corrected chi connectivity index (χ1v) is 8.18. The maximum Gasteiger partial charge on any atom is 0.331 e. The van der Waals surface area contributed by atoms with Crippen LogP contribution < -0.4 is 5.73 Å². The SMILES string of the molecule is COC(=O)C1(C)CCCN1C(=O)C(N)Cc1c[nH]c2ccccc12. The van der Waals surface area contributed by atoms with Crippen LogP contribution in [-0.2, 0) is 20.7 Å². The number of benzene rings is 1. The summed E-state index contributed by atoms with van der Waals surface area (Å²) < 4.78 is 4.88. The van der Waals surface area contributed by atoms with Crippen molar-refractivity contribution >= 4 is 22.8 Å². The van der Waals surface area contributed by atoms with Gasteiger partial charge in [-0.15, -0.1) is 0 Å². The van der Waals surface area contributed by atoms with E-state index in [-0.39, 0.29) is 11.9 Å². The number of methoxy groups -OCH3 is 1. The largest absolute Gasteiger partial charge is 0.467 e. The summed E-state index contributed by atoms with van der Waals surface area (Å²) in [6.07, 6.45) is 3.69. The van der Waals surface area contributed by atoms with E-state index in [1.807, 2.05) is 30.5 Å². The Morgan fingerprint density at radius 2 is 2.17 bits per heavy atom. The number of hydrogen-bond donors (Lipinski definition) is 2. The first kappa shape index (κ1) is 16.5. The second kappa shape index (κ2) is 6.28. The molecular formula is C18H23N3O3. The van der Waals surface area contributed by atoms with Gasteiger partial charge >= 0.3 is 5.97 Å². The van der Waals surface area contributed by atoms with Crippen LogP contribution in [0.4, 0.5) is 0 Å². The van der Waals surface area contributed by atoms with Crippen LogP contribution in [0.15, 0.2) is 30.5 Å². The van der Waals surface area contributed by atoms with Crippen molar-refractivity contribution in [2.75, 3.05) is 13.7 Å². The molecule has 0 saturated carbocycles. The van der Waals surface area contributed by atoms with E-state index in [9.17, 15) is 9.59 Å². The van der Waals surface area contributed by atoms with Crippen LogP contribution in [0.1, 0.15) is 25.3 Å². The lowest BCUT2D eigenvalue weighted by Gasteiger charge is -2.34. The molecule has 1 amide bonds. The zero-order chi connectivity index (χ0) is 17.3. The Labute approximate surface area is 141 Å². The third-order valence-electron chi connectivity index (χ3n) is 4.96. The van der Waals surface area contributed by atoms with E-state index < -0.39 is 11.6 Å². The highest BCUT2D eigenvalue weighted by atomic mass is 16.5. The predicted molar refractivity (Wildman–Crippen MR) is 91.3 cm³/mol. The van der Waals surface area contributed by atoms with E-state index in [1.165, 1.54) is 7.11 Å². The van der Waals surface area contributed by atoms with Crippen molar-refractivity contribution < 1.29 is 14.3 Å². The number of nitrogens with two attached hydrogens (primary N) is 1. The van der Waals surface area contributed by atoms with E-state index >= 15 is 0 Å². The quantitative estimate of drug-likeness (QED) is 0.834. The Bertz CT molecular complexity index is 770. The van der Waals surface area contributed by atoms with Crippen LogP contribution in [0.3, 0.4) is 0 Å². The summed E-state index contributed by atoms with van der Waals surface area (Å²) in [5, 5.41) is 1.07. The fourth-order valence-corrected chi connectivity index (χ4v) is 3.57. The number of aromatic nitrogens is 1. The molecule has 1 saturated heterocycles. The van der Waals surface area contributed by atoms with Crippen LogP contribution in [0, 0.1) is 0 Å². The van der Waals surface area contributed by atoms with Gasteiger partial charge in [0.05, 0.1) is 13.2 Å². The number of carbonyl (C=O) groups is 2. The van der Waals surface area contributed by atoms with Crippen molar-refractivity contribution in [2.24, 2.45) is 5.73 Å². The summed E-state index contributed by atoms with van der Waals surface area (Å²) >= 11 is 0. The second-order valence-electron chi connectivity index (χ2n) is 6.53. The predicted octanol–water partition coefficient (Wildman–Crippen LogP) is 1.59. The van der Waals surface area contributed by atoms with Crippen molar-refractivity contribution in [2.45, 2.75) is 37.8 Å². The van der Waals surface area contributed by atoms with E-state index in [0.29, 0.717) is 19.4 Å². The van der Waals surface area contributed by atoms with Gasteiger partial charge in [0.1, 0.15) is 5.54 Å². The summed E-state index contributed by atoms with van der Waals surface area (Å²) in [5.41, 5.74) is 7.30. The molecule has 2 aromatic rings. The molecule has 2 unspecified atom stereocenters. The van der Waals surface area contributed by atoms with Crippen molar-refractivity contribution in [1.82, 2.24) is 9.88 Å². The molecule has 6 nitrogen and oxygen atoms in total. The molecule has 1 aromatic carbocycles. The highest BCUT2D eigenvalue weighted by Crippen LogP contribution is 2.31. The number of amides is 1. The molecule has 3 N–H and O–H groups in total. The normalized spacial score (nSPS) is 21.9. The van der Waals surface area contributed by atoms with Crippen LogP contribution >= 0.6 is 0 Å². The molecular weight excluding hydrogens is 306 g/mol. The molecule has 0 spiro atoms. The molecule has 0 bridgehead atoms. The average molecular weight is 329 g/mol. The highest BCUT2D eigenvalue weighted by molar-refractivity contribution is 5.91. The molecule has 0 aliphatic carbocycles. The molecule has 0 radical (unpaired) electrons. The fraction of sp³-hybridized carbons (Fsp3) is 0.444. The number of likely N-dealkylation sites (tertiary alicyclic amines) is 1. The first-order valence-electron chi connectivity index (χ1n) is 8.18. The van der Waals surface area contributed by atoms with E-state index in [4.69, 9.17) is 10.5 Å². The summed E-state index contributed by atoms with van der Waals surface area (Å²) in [4.78, 5) is 29.7. The van der Waals surface area contributed by atoms with E-state index in [1.54, 1.807) is 11.8 Å². The van der Waals surface area contributed by atoms with Gasteiger partial charge in [-0.05, 0) is 37.8 Å². The highest BCUT2D eigenvalue weighted by Gasteiger charge is 2.47. The van der Waals surface area contributed by atoms with E-state index in [0.717, 1.165) is 22.9 Å². The number of nitrogens with zero attached hydrogens (tertiary/aromatic N) is 1. The topological polar surface area (TPSA) is 88.4 Å². The molecule has 1 aliphatic rings. The number of hydrogen-bond acceptors (Lipinski definition) is 4. The Kier molecular flexibility index (Phi) is 4.32. The maximum absolute atomic E-state index is 12.8. The molecule has 1 aliphatic heterocycles. The van der Waals surface area contributed by atoms with Crippen LogP contribution in [-0.4, -0.2) is 47.0 Å². The molecule has 24 heavy (non-hydrogen) atoms. The summed E-state index contributed by atoms with van der Waals surface area (Å²) in [5.74, 6) is -0.585. The smallest absolute Gasteiger partial charge is 0.331 e. The number of rotatable bonds is 4. The van der Waals surface area contributed by atoms with Crippen molar-refractivity contribution in [3.05, 3.63) is 36.0 Å². The molecule has 3 rings (SSSR count). The summed E-state index contributed by atoms with van der Waals surface area (Å²) in [7, 11) is 1.35. The second-order valence-corrected chi connectivity index (χ2v) is 6.53. The lowest BCUT2D eigenvalue weighted by atomic mass is 9.97. The maximum atomic E-state index is 12.8. The minimum atomic E-state index is -0.913. The third kappa shape index (κ3) is 2.67. The van der Waals surface area contributed by atoms with Gasteiger partial charge in [-0.1, -0.05) is 18.2 Å². The van der Waals surface area contributed by atoms with Gasteiger partial charge in [0.25, 0.3) is 0 Å². The van der Waals surface area contributed by atoms with Gasteiger partial charge in [0.2, 0.25) is 5.91 Å². The van der Waals surface area contributed by atoms with Gasteiger partial charge in [0, 0.05) is 23.6 Å². The molecule has 1 fully saturated rings. The number of fused-ring (bicyclic) bond motifs is 1. The number of nitrogens with one attached hydrogen (secondary N) is 1. The van der Waals surface area contributed by atoms with Gasteiger partial charge in [-0.2, -0.15) is 0 Å². The first-order chi connectivity index (χ1) is 11.5. The Morgan fingerprint density at radius 3 is 2.92 bits per heavy atom. The Balaban J connectivity index is 1.78. The molecule has 1 aromatic heterocycles. The lowest BCUT2D eigenvalue weighted by Crippen LogP contribution is -2.56.